The molecule has 1 saturated heterocycles. The molecule has 1 aromatic heterocycles. The number of carbonyl (C=O) groups is 1. The third kappa shape index (κ3) is 3.35. The lowest BCUT2D eigenvalue weighted by Gasteiger charge is -2.31. The molecule has 0 spiro atoms. The van der Waals surface area contributed by atoms with Crippen LogP contribution in [0.5, 0.6) is 0 Å². The Bertz CT molecular complexity index is 602. The van der Waals surface area contributed by atoms with Gasteiger partial charge in [-0.3, -0.25) is 9.89 Å². The third-order valence-electron chi connectivity index (χ3n) is 3.57. The van der Waals surface area contributed by atoms with E-state index in [0.29, 0.717) is 25.9 Å². The van der Waals surface area contributed by atoms with Crippen LogP contribution >= 0.6 is 0 Å². The summed E-state index contributed by atoms with van der Waals surface area (Å²) in [5, 5.41) is 9.00. The number of nitrogens with zero attached hydrogens (tertiary/aromatic N) is 2. The monoisotopic (exact) mass is 315 g/mol. The number of piperidine rings is 1. The van der Waals surface area contributed by atoms with E-state index < -0.39 is 10.0 Å². The smallest absolute Gasteiger partial charge is 0.248 e. The summed E-state index contributed by atoms with van der Waals surface area (Å²) in [7, 11) is -3.62. The van der Waals surface area contributed by atoms with Crippen molar-refractivity contribution < 1.29 is 13.2 Å². The van der Waals surface area contributed by atoms with Gasteiger partial charge in [0.25, 0.3) is 0 Å². The number of amides is 1. The summed E-state index contributed by atoms with van der Waals surface area (Å²) in [6, 6.07) is 0.0213. The Hall–Kier alpha value is -1.61. The van der Waals surface area contributed by atoms with Crippen molar-refractivity contribution >= 4 is 21.7 Å². The van der Waals surface area contributed by atoms with Gasteiger partial charge in [-0.15, -0.1) is 0 Å². The first kappa shape index (κ1) is 15.8. The highest BCUT2D eigenvalue weighted by Crippen LogP contribution is 2.23. The normalized spacial score (nSPS) is 18.0. The molecule has 0 radical (unpaired) electrons. The number of nitrogens with two attached hydrogens (primary N) is 1. The molecule has 0 atom stereocenters. The fourth-order valence-corrected chi connectivity index (χ4v) is 3.72. The van der Waals surface area contributed by atoms with Crippen LogP contribution in [0.4, 0.5) is 5.82 Å². The van der Waals surface area contributed by atoms with Crippen LogP contribution < -0.4 is 11.1 Å². The number of aromatic nitrogens is 2. The molecule has 0 bridgehead atoms. The maximum Gasteiger partial charge on any atom is 0.248 e. The molecule has 1 aromatic rings. The van der Waals surface area contributed by atoms with Crippen molar-refractivity contribution in [3.8, 4) is 0 Å². The van der Waals surface area contributed by atoms with Crippen LogP contribution in [0.2, 0.25) is 0 Å². The largest absolute Gasteiger partial charge is 0.383 e. The number of sulfonamides is 1. The number of anilines is 1. The molecule has 8 nitrogen and oxygen atoms in total. The summed E-state index contributed by atoms with van der Waals surface area (Å²) in [4.78, 5) is 11.7. The molecule has 2 heterocycles. The van der Waals surface area contributed by atoms with Crippen LogP contribution in [0.25, 0.3) is 0 Å². The fourth-order valence-electron chi connectivity index (χ4n) is 2.24. The van der Waals surface area contributed by atoms with Crippen LogP contribution in [0.3, 0.4) is 0 Å². The van der Waals surface area contributed by atoms with E-state index in [1.54, 1.807) is 0 Å². The molecular weight excluding hydrogens is 294 g/mol. The number of aromatic amines is 1. The predicted octanol–water partition coefficient (Wildman–Crippen LogP) is -0.0828. The zero-order valence-corrected chi connectivity index (χ0v) is 13.0. The maximum absolute atomic E-state index is 12.4. The molecule has 1 aliphatic heterocycles. The molecule has 118 valence electrons. The molecule has 0 aromatic carbocycles. The van der Waals surface area contributed by atoms with Crippen molar-refractivity contribution in [1.82, 2.24) is 19.8 Å². The van der Waals surface area contributed by atoms with E-state index in [4.69, 9.17) is 5.73 Å². The Kier molecular flexibility index (Phi) is 4.52. The first-order valence-corrected chi connectivity index (χ1v) is 8.35. The molecule has 1 amide bonds. The van der Waals surface area contributed by atoms with Crippen LogP contribution in [0.1, 0.15) is 26.7 Å². The topological polar surface area (TPSA) is 121 Å². The van der Waals surface area contributed by atoms with E-state index >= 15 is 0 Å². The van der Waals surface area contributed by atoms with Gasteiger partial charge in [0.05, 0.1) is 6.20 Å². The van der Waals surface area contributed by atoms with Gasteiger partial charge in [-0.05, 0) is 12.8 Å². The average Bonchev–Trinajstić information content (AvgIpc) is 2.86. The lowest BCUT2D eigenvalue weighted by atomic mass is 10.1. The number of hydrogen-bond donors (Lipinski definition) is 3. The van der Waals surface area contributed by atoms with Gasteiger partial charge in [-0.1, -0.05) is 13.8 Å². The molecule has 4 N–H and O–H groups in total. The molecule has 1 aliphatic rings. The summed E-state index contributed by atoms with van der Waals surface area (Å²) >= 11 is 0. The van der Waals surface area contributed by atoms with E-state index in [1.807, 2.05) is 13.8 Å². The Morgan fingerprint density at radius 3 is 2.57 bits per heavy atom. The molecular formula is C12H21N5O3S. The second kappa shape index (κ2) is 6.02. The minimum Gasteiger partial charge on any atom is -0.383 e. The Balaban J connectivity index is 1.98. The van der Waals surface area contributed by atoms with E-state index in [0.717, 1.165) is 0 Å². The molecule has 21 heavy (non-hydrogen) atoms. The van der Waals surface area contributed by atoms with E-state index in [-0.39, 0.29) is 28.6 Å². The van der Waals surface area contributed by atoms with Crippen LogP contribution in [0.15, 0.2) is 11.1 Å². The van der Waals surface area contributed by atoms with Gasteiger partial charge in [0.1, 0.15) is 10.7 Å². The molecule has 0 saturated carbocycles. The zero-order valence-electron chi connectivity index (χ0n) is 12.2. The van der Waals surface area contributed by atoms with E-state index in [2.05, 4.69) is 15.5 Å². The summed E-state index contributed by atoms with van der Waals surface area (Å²) in [5.74, 6) is -0.0295. The first-order valence-electron chi connectivity index (χ1n) is 6.91. The summed E-state index contributed by atoms with van der Waals surface area (Å²) in [6.07, 6.45) is 2.40. The highest BCUT2D eigenvalue weighted by molar-refractivity contribution is 7.89. The maximum atomic E-state index is 12.4. The average molecular weight is 315 g/mol. The van der Waals surface area contributed by atoms with Crippen molar-refractivity contribution in [2.45, 2.75) is 37.6 Å². The Morgan fingerprint density at radius 1 is 1.48 bits per heavy atom. The number of hydrogen-bond acceptors (Lipinski definition) is 5. The van der Waals surface area contributed by atoms with Gasteiger partial charge in [0.2, 0.25) is 15.9 Å². The minimum atomic E-state index is -3.62. The van der Waals surface area contributed by atoms with E-state index in [1.165, 1.54) is 10.5 Å². The van der Waals surface area contributed by atoms with Crippen LogP contribution in [-0.4, -0.2) is 48.0 Å². The van der Waals surface area contributed by atoms with Gasteiger partial charge in [0, 0.05) is 25.0 Å². The molecule has 0 unspecified atom stereocenters. The molecule has 2 rings (SSSR count). The Labute approximate surface area is 124 Å². The SMILES string of the molecule is CC(C)C(=O)NC1CCN(S(=O)(=O)c2cn[nH]c2N)CC1. The standard InChI is InChI=1S/C12H21N5O3S/c1-8(2)12(18)15-9-3-5-17(6-4-9)21(19,20)10-7-14-16-11(10)13/h7-9H,3-6H2,1-2H3,(H,15,18)(H3,13,14,16). The van der Waals surface area contributed by atoms with Crippen LogP contribution in [0, 0.1) is 5.92 Å². The summed E-state index contributed by atoms with van der Waals surface area (Å²) in [5.41, 5.74) is 5.58. The molecule has 9 heteroatoms. The van der Waals surface area contributed by atoms with Gasteiger partial charge in [-0.2, -0.15) is 9.40 Å². The predicted molar refractivity (Wildman–Crippen MR) is 77.8 cm³/mol. The lowest BCUT2D eigenvalue weighted by Crippen LogP contribution is -2.47. The number of rotatable bonds is 4. The minimum absolute atomic E-state index is 0.00427. The van der Waals surface area contributed by atoms with E-state index in [9.17, 15) is 13.2 Å². The second-order valence-electron chi connectivity index (χ2n) is 5.49. The summed E-state index contributed by atoms with van der Waals surface area (Å²) < 4.78 is 26.2. The van der Waals surface area contributed by atoms with Crippen LogP contribution in [-0.2, 0) is 14.8 Å². The zero-order chi connectivity index (χ0) is 15.6. The Morgan fingerprint density at radius 2 is 2.10 bits per heavy atom. The van der Waals surface area contributed by atoms with Crippen molar-refractivity contribution in [2.24, 2.45) is 5.92 Å². The van der Waals surface area contributed by atoms with Crippen molar-refractivity contribution in [3.05, 3.63) is 6.20 Å². The van der Waals surface area contributed by atoms with Gasteiger partial charge in [0.15, 0.2) is 0 Å². The van der Waals surface area contributed by atoms with Gasteiger partial charge in [-0.25, -0.2) is 8.42 Å². The molecule has 0 aliphatic carbocycles. The second-order valence-corrected chi connectivity index (χ2v) is 7.40. The number of H-pyrrole nitrogens is 1. The third-order valence-corrected chi connectivity index (χ3v) is 5.50. The van der Waals surface area contributed by atoms with Crippen molar-refractivity contribution in [3.63, 3.8) is 0 Å². The highest BCUT2D eigenvalue weighted by atomic mass is 32.2. The van der Waals surface area contributed by atoms with Gasteiger partial charge < -0.3 is 11.1 Å². The summed E-state index contributed by atoms with van der Waals surface area (Å²) in [6.45, 7) is 4.37. The first-order chi connectivity index (χ1) is 9.82. The number of nitrogen functional groups attached to an aromatic ring is 1. The highest BCUT2D eigenvalue weighted by Gasteiger charge is 2.32. The quantitative estimate of drug-likeness (QED) is 0.717. The fraction of sp³-hybridized carbons (Fsp3) is 0.667. The lowest BCUT2D eigenvalue weighted by molar-refractivity contribution is -0.124. The van der Waals surface area contributed by atoms with Gasteiger partial charge >= 0.3 is 0 Å². The van der Waals surface area contributed by atoms with Crippen molar-refractivity contribution in [1.29, 1.82) is 0 Å². The number of nitrogens with one attached hydrogen (secondary N) is 2. The van der Waals surface area contributed by atoms with Crippen molar-refractivity contribution in [2.75, 3.05) is 18.8 Å². The molecule has 1 fully saturated rings. The number of carbonyl (C=O) groups excluding carboxylic acids is 1.